The number of para-hydroxylation sites is 1. The van der Waals surface area contributed by atoms with E-state index in [9.17, 15) is 21.6 Å². The van der Waals surface area contributed by atoms with Crippen LogP contribution in [0.5, 0.6) is 0 Å². The molecule has 3 rings (SSSR count). The van der Waals surface area contributed by atoms with Crippen molar-refractivity contribution < 1.29 is 25.8 Å². The van der Waals surface area contributed by atoms with Crippen molar-refractivity contribution in [3.8, 4) is 0 Å². The molecule has 0 aliphatic rings. The van der Waals surface area contributed by atoms with E-state index in [1.54, 1.807) is 43.3 Å². The Morgan fingerprint density at radius 1 is 1.15 bits per heavy atom. The van der Waals surface area contributed by atoms with Crippen molar-refractivity contribution >= 4 is 33.1 Å². The zero-order valence-electron chi connectivity index (χ0n) is 13.3. The van der Waals surface area contributed by atoms with Crippen molar-refractivity contribution in [3.63, 3.8) is 0 Å². The Morgan fingerprint density at radius 3 is 2.58 bits per heavy atom. The number of hydrogen-bond acceptors (Lipinski definition) is 5. The van der Waals surface area contributed by atoms with E-state index in [4.69, 9.17) is 0 Å². The number of aromatic nitrogens is 3. The molecule has 26 heavy (non-hydrogen) atoms. The molecule has 0 N–H and O–H groups in total. The Balaban J connectivity index is 2.15. The van der Waals surface area contributed by atoms with Crippen LogP contribution in [0.4, 0.5) is 13.2 Å². The normalized spacial score (nSPS) is 13.2. The molecule has 0 saturated heterocycles. The van der Waals surface area contributed by atoms with E-state index in [2.05, 4.69) is 14.5 Å². The van der Waals surface area contributed by atoms with Crippen molar-refractivity contribution in [2.75, 3.05) is 0 Å². The van der Waals surface area contributed by atoms with Gasteiger partial charge >= 0.3 is 15.6 Å². The van der Waals surface area contributed by atoms with E-state index in [0.29, 0.717) is 16.6 Å². The Bertz CT molecular complexity index is 1090. The highest BCUT2D eigenvalue weighted by atomic mass is 32.2. The predicted octanol–water partition coefficient (Wildman–Crippen LogP) is 3.56. The molecule has 1 aromatic heterocycles. The van der Waals surface area contributed by atoms with Crippen molar-refractivity contribution in [2.24, 2.45) is 0 Å². The van der Waals surface area contributed by atoms with Crippen LogP contribution in [-0.4, -0.2) is 28.9 Å². The topological polar surface area (TPSA) is 74.1 Å². The molecule has 0 aliphatic carbocycles. The van der Waals surface area contributed by atoms with Gasteiger partial charge in [-0.3, -0.25) is 0 Å². The molecule has 2 aromatic carbocycles. The SMILES string of the molecule is Cc1cccc(/C(=C/n2nnc3ccccc32)OS(=O)(=O)C(F)(F)F)c1. The van der Waals surface area contributed by atoms with Gasteiger partial charge in [0.05, 0.1) is 11.7 Å². The first-order valence-electron chi connectivity index (χ1n) is 7.27. The molecule has 0 bridgehead atoms. The largest absolute Gasteiger partial charge is 0.534 e. The second kappa shape index (κ2) is 6.45. The third-order valence-electron chi connectivity index (χ3n) is 3.40. The van der Waals surface area contributed by atoms with Crippen LogP contribution in [-0.2, 0) is 14.3 Å². The minimum atomic E-state index is -5.84. The first-order chi connectivity index (χ1) is 12.2. The molecule has 3 aromatic rings. The summed E-state index contributed by atoms with van der Waals surface area (Å²) in [5.74, 6) is -0.526. The summed E-state index contributed by atoms with van der Waals surface area (Å²) in [6, 6.07) is 12.9. The van der Waals surface area contributed by atoms with Gasteiger partial charge in [-0.1, -0.05) is 41.1 Å². The lowest BCUT2D eigenvalue weighted by atomic mass is 10.1. The molecule has 136 valence electrons. The number of alkyl halides is 3. The molecule has 0 aliphatic heterocycles. The summed E-state index contributed by atoms with van der Waals surface area (Å²) in [6.45, 7) is 1.71. The zero-order chi connectivity index (χ0) is 18.9. The highest BCUT2D eigenvalue weighted by Crippen LogP contribution is 2.30. The fraction of sp³-hybridized carbons (Fsp3) is 0.125. The van der Waals surface area contributed by atoms with Gasteiger partial charge in [-0.2, -0.15) is 21.6 Å². The minimum Gasteiger partial charge on any atom is -0.374 e. The quantitative estimate of drug-likeness (QED) is 0.391. The van der Waals surface area contributed by atoms with Crippen molar-refractivity contribution in [1.82, 2.24) is 15.0 Å². The molecular formula is C16H12F3N3O3S. The summed E-state index contributed by atoms with van der Waals surface area (Å²) in [4.78, 5) is 0. The maximum atomic E-state index is 12.7. The van der Waals surface area contributed by atoms with Crippen LogP contribution < -0.4 is 0 Å². The monoisotopic (exact) mass is 383 g/mol. The van der Waals surface area contributed by atoms with Crippen molar-refractivity contribution in [1.29, 1.82) is 0 Å². The Kier molecular flexibility index (Phi) is 4.45. The first kappa shape index (κ1) is 17.9. The number of rotatable bonds is 4. The minimum absolute atomic E-state index is 0.150. The molecule has 1 heterocycles. The van der Waals surface area contributed by atoms with Crippen molar-refractivity contribution in [3.05, 3.63) is 59.7 Å². The number of hydrogen-bond donors (Lipinski definition) is 0. The van der Waals surface area contributed by atoms with Crippen LogP contribution in [0.3, 0.4) is 0 Å². The van der Waals surface area contributed by atoms with Gasteiger partial charge in [0.2, 0.25) is 0 Å². The summed E-state index contributed by atoms with van der Waals surface area (Å²) < 4.78 is 66.7. The second-order valence-electron chi connectivity index (χ2n) is 5.37. The fourth-order valence-corrected chi connectivity index (χ4v) is 2.67. The Hall–Kier alpha value is -2.88. The van der Waals surface area contributed by atoms with E-state index >= 15 is 0 Å². The van der Waals surface area contributed by atoms with Crippen LogP contribution in [0.1, 0.15) is 11.1 Å². The molecule has 0 amide bonds. The highest BCUT2D eigenvalue weighted by molar-refractivity contribution is 7.87. The zero-order valence-corrected chi connectivity index (χ0v) is 14.1. The van der Waals surface area contributed by atoms with Crippen LogP contribution in [0.25, 0.3) is 23.0 Å². The van der Waals surface area contributed by atoms with Gasteiger partial charge in [-0.05, 0) is 25.1 Å². The molecule has 0 radical (unpaired) electrons. The van der Waals surface area contributed by atoms with Gasteiger partial charge in [0, 0.05) is 5.56 Å². The van der Waals surface area contributed by atoms with E-state index in [1.165, 1.54) is 12.1 Å². The van der Waals surface area contributed by atoms with Gasteiger partial charge < -0.3 is 4.18 Å². The third-order valence-corrected chi connectivity index (χ3v) is 4.37. The molecule has 6 nitrogen and oxygen atoms in total. The third kappa shape index (κ3) is 3.54. The summed E-state index contributed by atoms with van der Waals surface area (Å²) in [7, 11) is -5.84. The molecule has 0 unspecified atom stereocenters. The number of nitrogens with zero attached hydrogens (tertiary/aromatic N) is 3. The van der Waals surface area contributed by atoms with E-state index < -0.39 is 21.4 Å². The highest BCUT2D eigenvalue weighted by Gasteiger charge is 2.49. The lowest BCUT2D eigenvalue weighted by Crippen LogP contribution is -2.25. The molecule has 10 heteroatoms. The number of aryl methyl sites for hydroxylation is 1. The predicted molar refractivity (Wildman–Crippen MR) is 88.9 cm³/mol. The van der Waals surface area contributed by atoms with Gasteiger partial charge in [-0.15, -0.1) is 5.10 Å². The van der Waals surface area contributed by atoms with Crippen LogP contribution in [0.2, 0.25) is 0 Å². The fourth-order valence-electron chi connectivity index (χ4n) is 2.20. The summed E-state index contributed by atoms with van der Waals surface area (Å²) in [5, 5.41) is 7.68. The average Bonchev–Trinajstić information content (AvgIpc) is 2.96. The number of halogens is 3. The molecule has 0 spiro atoms. The molecular weight excluding hydrogens is 371 g/mol. The summed E-state index contributed by atoms with van der Waals surface area (Å²) in [5.41, 5.74) is -3.72. The lowest BCUT2D eigenvalue weighted by Gasteiger charge is -2.13. The lowest BCUT2D eigenvalue weighted by molar-refractivity contribution is -0.0509. The van der Waals surface area contributed by atoms with Gasteiger partial charge in [0.25, 0.3) is 0 Å². The van der Waals surface area contributed by atoms with Crippen molar-refractivity contribution in [2.45, 2.75) is 12.4 Å². The molecule has 0 saturated carbocycles. The standard InChI is InChI=1S/C16H12F3N3O3S/c1-11-5-4-6-12(9-11)15(25-26(23,24)16(17,18)19)10-22-14-8-3-2-7-13(14)20-21-22/h2-10H,1H3/b15-10-. The summed E-state index contributed by atoms with van der Waals surface area (Å²) in [6.07, 6.45) is 1.05. The first-order valence-corrected chi connectivity index (χ1v) is 8.68. The van der Waals surface area contributed by atoms with E-state index in [1.807, 2.05) is 0 Å². The Morgan fingerprint density at radius 2 is 1.88 bits per heavy atom. The average molecular weight is 383 g/mol. The van der Waals surface area contributed by atoms with Gasteiger partial charge in [0.1, 0.15) is 5.52 Å². The smallest absolute Gasteiger partial charge is 0.374 e. The van der Waals surface area contributed by atoms with E-state index in [-0.39, 0.29) is 5.56 Å². The molecule has 0 fully saturated rings. The maximum Gasteiger partial charge on any atom is 0.534 e. The van der Waals surface area contributed by atoms with Crippen LogP contribution in [0.15, 0.2) is 48.5 Å². The van der Waals surface area contributed by atoms with Crippen LogP contribution in [0, 0.1) is 6.92 Å². The van der Waals surface area contributed by atoms with Crippen LogP contribution >= 0.6 is 0 Å². The van der Waals surface area contributed by atoms with Gasteiger partial charge in [0.15, 0.2) is 5.76 Å². The van der Waals surface area contributed by atoms with Gasteiger partial charge in [-0.25, -0.2) is 4.68 Å². The molecule has 0 atom stereocenters. The maximum absolute atomic E-state index is 12.7. The van der Waals surface area contributed by atoms with E-state index in [0.717, 1.165) is 10.9 Å². The Labute approximate surface area is 146 Å². The second-order valence-corrected chi connectivity index (χ2v) is 6.91. The number of benzene rings is 2. The number of fused-ring (bicyclic) bond motifs is 1. The summed E-state index contributed by atoms with van der Waals surface area (Å²) >= 11 is 0.